The first-order valence-electron chi connectivity index (χ1n) is 7.22. The molecule has 4 nitrogen and oxygen atoms in total. The molecule has 3 aromatic rings. The van der Waals surface area contributed by atoms with Gasteiger partial charge in [0, 0.05) is 16.0 Å². The number of nitrogens with zero attached hydrogens (tertiary/aromatic N) is 2. The number of carbonyl (C=O) groups excluding carboxylic acids is 1. The molecule has 24 heavy (non-hydrogen) atoms. The summed E-state index contributed by atoms with van der Waals surface area (Å²) in [7, 11) is 0. The van der Waals surface area contributed by atoms with Gasteiger partial charge in [-0.15, -0.1) is 22.0 Å². The third kappa shape index (κ3) is 4.66. The summed E-state index contributed by atoms with van der Waals surface area (Å²) in [6, 6.07) is 17.6. The number of nitrogens with one attached hydrogen (secondary N) is 1. The molecule has 1 amide bonds. The van der Waals surface area contributed by atoms with E-state index in [4.69, 9.17) is 0 Å². The lowest BCUT2D eigenvalue weighted by molar-refractivity contribution is 0.102. The summed E-state index contributed by atoms with van der Waals surface area (Å²) in [6.45, 7) is 0. The number of hydrogen-bond donors (Lipinski definition) is 1. The lowest BCUT2D eigenvalue weighted by atomic mass is 10.2. The van der Waals surface area contributed by atoms with E-state index in [0.717, 1.165) is 21.0 Å². The van der Waals surface area contributed by atoms with Crippen molar-refractivity contribution in [2.75, 3.05) is 5.32 Å². The summed E-state index contributed by atoms with van der Waals surface area (Å²) in [4.78, 5) is 12.2. The number of anilines is 1. The van der Waals surface area contributed by atoms with Crippen molar-refractivity contribution in [1.29, 1.82) is 0 Å². The quantitative estimate of drug-likeness (QED) is 0.611. The highest BCUT2D eigenvalue weighted by Crippen LogP contribution is 2.24. The zero-order chi connectivity index (χ0) is 16.8. The van der Waals surface area contributed by atoms with Crippen LogP contribution in [0.4, 0.5) is 5.13 Å². The highest BCUT2D eigenvalue weighted by atomic mass is 79.9. The zero-order valence-electron chi connectivity index (χ0n) is 12.6. The van der Waals surface area contributed by atoms with Gasteiger partial charge in [0.2, 0.25) is 5.13 Å². The molecule has 1 aromatic heterocycles. The Morgan fingerprint density at radius 3 is 2.58 bits per heavy atom. The average molecular weight is 420 g/mol. The van der Waals surface area contributed by atoms with Crippen molar-refractivity contribution in [3.05, 3.63) is 75.2 Å². The maximum atomic E-state index is 12.2. The Balaban J connectivity index is 1.54. The standard InChI is InChI=1S/C17H14BrN3OS2/c18-14-9-5-4-8-13(14)16(22)19-17-21-20-15(24-17)11-23-10-12-6-2-1-3-7-12/h1-9H,10-11H2,(H,19,21,22). The highest BCUT2D eigenvalue weighted by Gasteiger charge is 2.12. The van der Waals surface area contributed by atoms with Crippen molar-refractivity contribution >= 4 is 50.1 Å². The predicted octanol–water partition coefficient (Wildman–Crippen LogP) is 4.99. The van der Waals surface area contributed by atoms with E-state index in [1.807, 2.05) is 36.4 Å². The maximum Gasteiger partial charge on any atom is 0.258 e. The summed E-state index contributed by atoms with van der Waals surface area (Å²) in [5.74, 6) is 1.51. The Bertz CT molecular complexity index is 823. The SMILES string of the molecule is O=C(Nc1nnc(CSCc2ccccc2)s1)c1ccccc1Br. The minimum atomic E-state index is -0.192. The van der Waals surface area contributed by atoms with E-state index in [-0.39, 0.29) is 5.91 Å². The van der Waals surface area contributed by atoms with Gasteiger partial charge in [0.25, 0.3) is 5.91 Å². The fraction of sp³-hybridized carbons (Fsp3) is 0.118. The fourth-order valence-corrected chi connectivity index (χ4v) is 4.25. The van der Waals surface area contributed by atoms with E-state index in [1.54, 1.807) is 17.8 Å². The van der Waals surface area contributed by atoms with Gasteiger partial charge in [-0.1, -0.05) is 53.8 Å². The van der Waals surface area contributed by atoms with Crippen LogP contribution in [0, 0.1) is 0 Å². The molecule has 0 aliphatic carbocycles. The Hall–Kier alpha value is -1.70. The van der Waals surface area contributed by atoms with E-state index in [9.17, 15) is 4.79 Å². The molecule has 0 unspecified atom stereocenters. The van der Waals surface area contributed by atoms with Crippen LogP contribution in [0.25, 0.3) is 0 Å². The van der Waals surface area contributed by atoms with Gasteiger partial charge in [-0.05, 0) is 33.6 Å². The lowest BCUT2D eigenvalue weighted by Gasteiger charge is -2.02. The zero-order valence-corrected chi connectivity index (χ0v) is 15.8. The number of benzene rings is 2. The molecule has 122 valence electrons. The van der Waals surface area contributed by atoms with Crippen LogP contribution in [0.2, 0.25) is 0 Å². The van der Waals surface area contributed by atoms with Gasteiger partial charge in [0.15, 0.2) is 0 Å². The van der Waals surface area contributed by atoms with E-state index < -0.39 is 0 Å². The van der Waals surface area contributed by atoms with Crippen LogP contribution < -0.4 is 5.32 Å². The highest BCUT2D eigenvalue weighted by molar-refractivity contribution is 9.10. The molecule has 0 saturated carbocycles. The molecule has 0 saturated heterocycles. The molecule has 0 aliphatic rings. The molecule has 0 aliphatic heterocycles. The summed E-state index contributed by atoms with van der Waals surface area (Å²) < 4.78 is 0.755. The van der Waals surface area contributed by atoms with E-state index in [1.165, 1.54) is 16.9 Å². The van der Waals surface area contributed by atoms with Crippen LogP contribution in [0.3, 0.4) is 0 Å². The molecule has 0 atom stereocenters. The van der Waals surface area contributed by atoms with E-state index >= 15 is 0 Å². The molecular formula is C17H14BrN3OS2. The number of aromatic nitrogens is 2. The molecule has 0 bridgehead atoms. The Morgan fingerprint density at radius 1 is 1.04 bits per heavy atom. The summed E-state index contributed by atoms with van der Waals surface area (Å²) >= 11 is 6.56. The van der Waals surface area contributed by atoms with E-state index in [0.29, 0.717) is 10.7 Å². The molecule has 1 heterocycles. The molecule has 2 aromatic carbocycles. The topological polar surface area (TPSA) is 54.9 Å². The second-order valence-corrected chi connectivity index (χ2v) is 7.82. The Morgan fingerprint density at radius 2 is 1.79 bits per heavy atom. The van der Waals surface area contributed by atoms with Gasteiger partial charge in [-0.2, -0.15) is 0 Å². The third-order valence-electron chi connectivity index (χ3n) is 3.14. The van der Waals surface area contributed by atoms with Crippen molar-refractivity contribution in [2.24, 2.45) is 0 Å². The summed E-state index contributed by atoms with van der Waals surface area (Å²) in [5.41, 5.74) is 1.86. The first kappa shape index (κ1) is 17.1. The van der Waals surface area contributed by atoms with Crippen LogP contribution in [-0.2, 0) is 11.5 Å². The Kier molecular flexibility index (Phi) is 6.01. The third-order valence-corrected chi connectivity index (χ3v) is 5.87. The minimum Gasteiger partial charge on any atom is -0.296 e. The maximum absolute atomic E-state index is 12.2. The number of carbonyl (C=O) groups is 1. The van der Waals surface area contributed by atoms with Crippen molar-refractivity contribution in [1.82, 2.24) is 10.2 Å². The monoisotopic (exact) mass is 419 g/mol. The fourth-order valence-electron chi connectivity index (χ4n) is 2.00. The molecule has 3 rings (SSSR count). The average Bonchev–Trinajstić information content (AvgIpc) is 3.03. The minimum absolute atomic E-state index is 0.192. The molecule has 1 N–H and O–H groups in total. The predicted molar refractivity (Wildman–Crippen MR) is 103 cm³/mol. The second kappa shape index (κ2) is 8.41. The van der Waals surface area contributed by atoms with Crippen molar-refractivity contribution < 1.29 is 4.79 Å². The number of amides is 1. The van der Waals surface area contributed by atoms with Crippen LogP contribution >= 0.6 is 39.0 Å². The van der Waals surface area contributed by atoms with Gasteiger partial charge in [0.05, 0.1) is 5.56 Å². The number of rotatable bonds is 6. The first-order valence-corrected chi connectivity index (χ1v) is 9.99. The Labute approximate surface area is 156 Å². The van der Waals surface area contributed by atoms with Crippen LogP contribution in [0.15, 0.2) is 59.1 Å². The normalized spacial score (nSPS) is 10.5. The molecular weight excluding hydrogens is 406 g/mol. The summed E-state index contributed by atoms with van der Waals surface area (Å²) in [5, 5.41) is 12.4. The van der Waals surface area contributed by atoms with Gasteiger partial charge >= 0.3 is 0 Å². The van der Waals surface area contributed by atoms with Crippen LogP contribution in [0.1, 0.15) is 20.9 Å². The van der Waals surface area contributed by atoms with Crippen LogP contribution in [0.5, 0.6) is 0 Å². The van der Waals surface area contributed by atoms with Crippen molar-refractivity contribution in [2.45, 2.75) is 11.5 Å². The molecule has 0 spiro atoms. The molecule has 0 radical (unpaired) electrons. The number of hydrogen-bond acceptors (Lipinski definition) is 5. The largest absolute Gasteiger partial charge is 0.296 e. The smallest absolute Gasteiger partial charge is 0.258 e. The molecule has 7 heteroatoms. The van der Waals surface area contributed by atoms with Crippen molar-refractivity contribution in [3.8, 4) is 0 Å². The number of halogens is 1. The first-order chi connectivity index (χ1) is 11.7. The van der Waals surface area contributed by atoms with E-state index in [2.05, 4.69) is 43.6 Å². The van der Waals surface area contributed by atoms with Crippen molar-refractivity contribution in [3.63, 3.8) is 0 Å². The van der Waals surface area contributed by atoms with Gasteiger partial charge in [-0.25, -0.2) is 0 Å². The van der Waals surface area contributed by atoms with Gasteiger partial charge in [0.1, 0.15) is 5.01 Å². The van der Waals surface area contributed by atoms with Gasteiger partial charge in [-0.3, -0.25) is 10.1 Å². The van der Waals surface area contributed by atoms with Gasteiger partial charge < -0.3 is 0 Å². The van der Waals surface area contributed by atoms with Crippen LogP contribution in [-0.4, -0.2) is 16.1 Å². The number of thioether (sulfide) groups is 1. The summed E-state index contributed by atoms with van der Waals surface area (Å²) in [6.07, 6.45) is 0. The lowest BCUT2D eigenvalue weighted by Crippen LogP contribution is -2.12. The second-order valence-electron chi connectivity index (χ2n) is 4.91. The molecule has 0 fully saturated rings.